The van der Waals surface area contributed by atoms with Crippen molar-refractivity contribution in [2.24, 2.45) is 0 Å². The number of urea groups is 1. The molecule has 11 heteroatoms. The number of anilines is 3. The van der Waals surface area contributed by atoms with Gasteiger partial charge in [-0.25, -0.2) is 18.6 Å². The molecule has 182 valence electrons. The van der Waals surface area contributed by atoms with Gasteiger partial charge in [-0.3, -0.25) is 4.90 Å². The van der Waals surface area contributed by atoms with Crippen LogP contribution >= 0.6 is 35.0 Å². The molecule has 0 atom stereocenters. The number of aromatic nitrogens is 1. The minimum absolute atomic E-state index is 0.170. The molecule has 2 aliphatic rings. The van der Waals surface area contributed by atoms with E-state index in [1.165, 1.54) is 17.0 Å². The number of rotatable bonds is 5. The number of hydrogen-bond acceptors (Lipinski definition) is 5. The van der Waals surface area contributed by atoms with Crippen molar-refractivity contribution in [2.75, 3.05) is 23.3 Å². The maximum absolute atomic E-state index is 14.5. The highest BCUT2D eigenvalue weighted by atomic mass is 35.5. The van der Waals surface area contributed by atoms with Crippen LogP contribution in [0.5, 0.6) is 0 Å². The van der Waals surface area contributed by atoms with Gasteiger partial charge in [0.2, 0.25) is 0 Å². The standard InChI is InChI=1S/C24H21Cl2F2N5OS/c25-15-2-1-3-16(26)22(15)33-20-11-18(31-14-6-8-29-9-7-14)23(32-19(20)12-30-24(33)34)35-21-5-4-13(27)10-17(21)28/h1-5,10-11,14,29,31H,6-9,12H2,(H,30,34). The van der Waals surface area contributed by atoms with Crippen LogP contribution in [0, 0.1) is 11.6 Å². The lowest BCUT2D eigenvalue weighted by Crippen LogP contribution is -2.42. The number of fused-ring (bicyclic) bond motifs is 1. The van der Waals surface area contributed by atoms with E-state index in [1.807, 2.05) is 6.07 Å². The fraction of sp³-hybridized carbons (Fsp3) is 0.250. The molecule has 5 rings (SSSR count). The third-order valence-electron chi connectivity index (χ3n) is 5.86. The second kappa shape index (κ2) is 10.2. The average molecular weight is 536 g/mol. The summed E-state index contributed by atoms with van der Waals surface area (Å²) in [6.45, 7) is 1.92. The van der Waals surface area contributed by atoms with Crippen LogP contribution in [0.4, 0.5) is 30.6 Å². The number of carbonyl (C=O) groups excluding carboxylic acids is 1. The quantitative estimate of drug-likeness (QED) is 0.355. The maximum atomic E-state index is 14.5. The molecule has 2 amide bonds. The summed E-state index contributed by atoms with van der Waals surface area (Å²) in [6.07, 6.45) is 1.79. The second-order valence-electron chi connectivity index (χ2n) is 8.22. The molecule has 6 nitrogen and oxygen atoms in total. The number of pyridine rings is 1. The Kier molecular flexibility index (Phi) is 7.02. The average Bonchev–Trinajstić information content (AvgIpc) is 2.83. The van der Waals surface area contributed by atoms with Crippen LogP contribution in [0.15, 0.2) is 52.4 Å². The van der Waals surface area contributed by atoms with E-state index in [0.717, 1.165) is 43.8 Å². The third kappa shape index (κ3) is 5.04. The van der Waals surface area contributed by atoms with Crippen molar-refractivity contribution in [3.8, 4) is 0 Å². The predicted molar refractivity (Wildman–Crippen MR) is 135 cm³/mol. The number of para-hydroxylation sites is 1. The molecule has 35 heavy (non-hydrogen) atoms. The van der Waals surface area contributed by atoms with E-state index in [2.05, 4.69) is 16.0 Å². The van der Waals surface area contributed by atoms with Gasteiger partial charge in [0.15, 0.2) is 0 Å². The molecule has 2 aliphatic heterocycles. The van der Waals surface area contributed by atoms with Crippen LogP contribution in [-0.4, -0.2) is 30.1 Å². The van der Waals surface area contributed by atoms with E-state index in [1.54, 1.807) is 18.2 Å². The van der Waals surface area contributed by atoms with Crippen molar-refractivity contribution in [1.82, 2.24) is 15.6 Å². The molecular weight excluding hydrogens is 515 g/mol. The van der Waals surface area contributed by atoms with Gasteiger partial charge in [-0.2, -0.15) is 0 Å². The van der Waals surface area contributed by atoms with Crippen molar-refractivity contribution in [2.45, 2.75) is 35.3 Å². The second-order valence-corrected chi connectivity index (χ2v) is 10.1. The molecule has 1 saturated heterocycles. The first-order chi connectivity index (χ1) is 16.9. The summed E-state index contributed by atoms with van der Waals surface area (Å²) in [6, 6.07) is 10.1. The highest BCUT2D eigenvalue weighted by Crippen LogP contribution is 2.44. The first kappa shape index (κ1) is 24.1. The largest absolute Gasteiger partial charge is 0.380 e. The Bertz CT molecular complexity index is 1270. The zero-order valence-corrected chi connectivity index (χ0v) is 20.7. The molecule has 0 radical (unpaired) electrons. The van der Waals surface area contributed by atoms with Crippen molar-refractivity contribution in [3.05, 3.63) is 69.8 Å². The molecule has 1 aromatic heterocycles. The Morgan fingerprint density at radius 3 is 2.54 bits per heavy atom. The van der Waals surface area contributed by atoms with Gasteiger partial charge in [-0.1, -0.05) is 41.0 Å². The van der Waals surface area contributed by atoms with Gasteiger partial charge in [0.25, 0.3) is 0 Å². The Hall–Kier alpha value is -2.59. The predicted octanol–water partition coefficient (Wildman–Crippen LogP) is 6.34. The summed E-state index contributed by atoms with van der Waals surface area (Å²) in [5.41, 5.74) is 2.10. The molecule has 0 aliphatic carbocycles. The van der Waals surface area contributed by atoms with Crippen molar-refractivity contribution >= 4 is 58.1 Å². The minimum atomic E-state index is -0.667. The summed E-state index contributed by atoms with van der Waals surface area (Å²) >= 11 is 14.0. The molecule has 0 unspecified atom stereocenters. The van der Waals surface area contributed by atoms with Crippen molar-refractivity contribution in [3.63, 3.8) is 0 Å². The SMILES string of the molecule is O=C1NCc2nc(Sc3ccc(F)cc3F)c(NC3CCNCC3)cc2N1c1c(Cl)cccc1Cl. The smallest absolute Gasteiger partial charge is 0.326 e. The van der Waals surface area contributed by atoms with E-state index < -0.39 is 11.6 Å². The molecule has 0 spiro atoms. The van der Waals surface area contributed by atoms with Crippen LogP contribution in [0.3, 0.4) is 0 Å². The number of piperidine rings is 1. The van der Waals surface area contributed by atoms with Crippen LogP contribution in [-0.2, 0) is 6.54 Å². The van der Waals surface area contributed by atoms with Crippen LogP contribution < -0.4 is 20.9 Å². The lowest BCUT2D eigenvalue weighted by atomic mass is 10.1. The molecule has 3 aromatic rings. The van der Waals surface area contributed by atoms with Gasteiger partial charge in [0.05, 0.1) is 39.3 Å². The first-order valence-corrected chi connectivity index (χ1v) is 12.6. The fourth-order valence-corrected chi connectivity index (χ4v) is 5.60. The Morgan fingerprint density at radius 1 is 1.09 bits per heavy atom. The number of nitrogens with zero attached hydrogens (tertiary/aromatic N) is 2. The van der Waals surface area contributed by atoms with Gasteiger partial charge >= 0.3 is 6.03 Å². The number of halogens is 4. The first-order valence-electron chi connectivity index (χ1n) is 11.1. The minimum Gasteiger partial charge on any atom is -0.380 e. The highest BCUT2D eigenvalue weighted by molar-refractivity contribution is 7.99. The van der Waals surface area contributed by atoms with Gasteiger partial charge < -0.3 is 16.0 Å². The van der Waals surface area contributed by atoms with Gasteiger partial charge in [0.1, 0.15) is 16.7 Å². The molecular formula is C24H21Cl2F2N5OS. The number of amides is 2. The lowest BCUT2D eigenvalue weighted by molar-refractivity contribution is 0.246. The number of nitrogens with one attached hydrogen (secondary N) is 3. The van der Waals surface area contributed by atoms with E-state index in [0.29, 0.717) is 37.8 Å². The monoisotopic (exact) mass is 535 g/mol. The van der Waals surface area contributed by atoms with Crippen molar-refractivity contribution in [1.29, 1.82) is 0 Å². The maximum Gasteiger partial charge on any atom is 0.326 e. The fourth-order valence-electron chi connectivity index (χ4n) is 4.15. The lowest BCUT2D eigenvalue weighted by Gasteiger charge is -2.32. The number of carbonyl (C=O) groups is 1. The van der Waals surface area contributed by atoms with E-state index in [9.17, 15) is 13.6 Å². The zero-order chi connectivity index (χ0) is 24.5. The van der Waals surface area contributed by atoms with Crippen LogP contribution in [0.1, 0.15) is 18.5 Å². The summed E-state index contributed by atoms with van der Waals surface area (Å²) < 4.78 is 27.9. The highest BCUT2D eigenvalue weighted by Gasteiger charge is 2.31. The normalized spacial score (nSPS) is 16.1. The Labute approximate surface area is 215 Å². The Morgan fingerprint density at radius 2 is 1.83 bits per heavy atom. The Balaban J connectivity index is 1.61. The van der Waals surface area contributed by atoms with Crippen LogP contribution in [0.25, 0.3) is 0 Å². The molecule has 1 fully saturated rings. The van der Waals surface area contributed by atoms with Gasteiger partial charge in [0, 0.05) is 17.0 Å². The third-order valence-corrected chi connectivity index (χ3v) is 7.52. The molecule has 3 N–H and O–H groups in total. The number of hydrogen-bond donors (Lipinski definition) is 3. The molecule has 3 heterocycles. The summed E-state index contributed by atoms with van der Waals surface area (Å²) in [5, 5.41) is 10.8. The van der Waals surface area contributed by atoms with E-state index in [4.69, 9.17) is 28.2 Å². The molecule has 0 bridgehead atoms. The number of benzene rings is 2. The van der Waals surface area contributed by atoms with E-state index >= 15 is 0 Å². The molecule has 0 saturated carbocycles. The topological polar surface area (TPSA) is 69.3 Å². The van der Waals surface area contributed by atoms with Gasteiger partial charge in [-0.05, 0) is 56.3 Å². The summed E-state index contributed by atoms with van der Waals surface area (Å²) in [7, 11) is 0. The zero-order valence-electron chi connectivity index (χ0n) is 18.4. The van der Waals surface area contributed by atoms with Crippen molar-refractivity contribution < 1.29 is 13.6 Å². The summed E-state index contributed by atoms with van der Waals surface area (Å²) in [5.74, 6) is -1.31. The molecule has 2 aromatic carbocycles. The van der Waals surface area contributed by atoms with Gasteiger partial charge in [-0.15, -0.1) is 0 Å². The summed E-state index contributed by atoms with van der Waals surface area (Å²) in [4.78, 5) is 19.4. The van der Waals surface area contributed by atoms with Crippen LogP contribution in [0.2, 0.25) is 10.0 Å². The van der Waals surface area contributed by atoms with E-state index in [-0.39, 0.29) is 23.5 Å².